The van der Waals surface area contributed by atoms with E-state index in [0.717, 1.165) is 116 Å². The minimum Gasteiger partial charge on any atom is -0.462 e. The molecule has 0 saturated carbocycles. The van der Waals surface area contributed by atoms with Crippen LogP contribution in [0.5, 0.6) is 0 Å². The number of ether oxygens (including phenoxy) is 3. The van der Waals surface area contributed by atoms with Crippen LogP contribution in [-0.4, -0.2) is 37.2 Å². The molecule has 0 aliphatic rings. The molecule has 0 N–H and O–H groups in total. The zero-order valence-corrected chi connectivity index (χ0v) is 50.6. The number of hydrogen-bond donors (Lipinski definition) is 0. The van der Waals surface area contributed by atoms with Crippen molar-refractivity contribution in [3.8, 4) is 0 Å². The van der Waals surface area contributed by atoms with Crippen molar-refractivity contribution >= 4 is 17.9 Å². The maximum absolute atomic E-state index is 12.9. The molecule has 1 atom stereocenters. The van der Waals surface area contributed by atoms with E-state index in [-0.39, 0.29) is 50.4 Å². The summed E-state index contributed by atoms with van der Waals surface area (Å²) in [5.41, 5.74) is 0. The number of unbranched alkanes of at least 4 members (excludes halogenated alkanes) is 16. The Morgan fingerprint density at radius 3 is 0.873 bits per heavy atom. The lowest BCUT2D eigenvalue weighted by atomic mass is 10.1. The fraction of sp³-hybridized carbons (Fsp3) is 0.575. The highest BCUT2D eigenvalue weighted by Crippen LogP contribution is 2.14. The normalized spacial score (nSPS) is 13.3. The van der Waals surface area contributed by atoms with Crippen molar-refractivity contribution in [1.29, 1.82) is 0 Å². The fourth-order valence-corrected chi connectivity index (χ4v) is 8.03. The summed E-state index contributed by atoms with van der Waals surface area (Å²) in [7, 11) is 0. The largest absolute Gasteiger partial charge is 0.462 e. The van der Waals surface area contributed by atoms with Gasteiger partial charge in [0.15, 0.2) is 6.10 Å². The van der Waals surface area contributed by atoms with E-state index in [1.807, 2.05) is 12.2 Å². The van der Waals surface area contributed by atoms with E-state index in [0.29, 0.717) is 12.8 Å². The maximum atomic E-state index is 12.9. The van der Waals surface area contributed by atoms with Gasteiger partial charge in [-0.3, -0.25) is 14.4 Å². The van der Waals surface area contributed by atoms with E-state index < -0.39 is 6.10 Å². The first-order valence-electron chi connectivity index (χ1n) is 31.6. The van der Waals surface area contributed by atoms with Gasteiger partial charge >= 0.3 is 17.9 Å². The number of allylic oxidation sites excluding steroid dienone is 28. The van der Waals surface area contributed by atoms with Crippen LogP contribution in [0.25, 0.3) is 0 Å². The third-order valence-electron chi connectivity index (χ3n) is 12.7. The van der Waals surface area contributed by atoms with Crippen LogP contribution in [-0.2, 0) is 28.6 Å². The molecule has 0 amide bonds. The second-order valence-corrected chi connectivity index (χ2v) is 20.2. The van der Waals surface area contributed by atoms with Crippen LogP contribution in [0, 0.1) is 0 Å². The Kier molecular flexibility index (Phi) is 61.0. The minimum absolute atomic E-state index is 0.134. The fourth-order valence-electron chi connectivity index (χ4n) is 8.03. The molecule has 1 unspecified atom stereocenters. The summed E-state index contributed by atoms with van der Waals surface area (Å²) in [4.78, 5) is 38.3. The number of carbonyl (C=O) groups excluding carboxylic acids is 3. The molecule has 79 heavy (non-hydrogen) atoms. The third-order valence-corrected chi connectivity index (χ3v) is 12.7. The van der Waals surface area contributed by atoms with E-state index in [1.54, 1.807) is 0 Å². The van der Waals surface area contributed by atoms with Gasteiger partial charge in [0.05, 0.1) is 0 Å². The van der Waals surface area contributed by atoms with Crippen LogP contribution in [0.1, 0.15) is 252 Å². The highest BCUT2D eigenvalue weighted by atomic mass is 16.6. The number of hydrogen-bond acceptors (Lipinski definition) is 6. The van der Waals surface area contributed by atoms with E-state index in [4.69, 9.17) is 14.2 Å². The van der Waals surface area contributed by atoms with Crippen molar-refractivity contribution in [3.63, 3.8) is 0 Å². The molecule has 0 fully saturated rings. The Morgan fingerprint density at radius 1 is 0.266 bits per heavy atom. The first-order chi connectivity index (χ1) is 39.0. The molecule has 0 aliphatic carbocycles. The lowest BCUT2D eigenvalue weighted by Gasteiger charge is -2.18. The molecule has 0 saturated heterocycles. The summed E-state index contributed by atoms with van der Waals surface area (Å²) in [6.07, 6.45) is 96.5. The monoisotopic (exact) mass is 1090 g/mol. The molecule has 0 heterocycles. The number of carbonyl (C=O) groups is 3. The highest BCUT2D eigenvalue weighted by Gasteiger charge is 2.19. The van der Waals surface area contributed by atoms with Gasteiger partial charge in [0.1, 0.15) is 13.2 Å². The van der Waals surface area contributed by atoms with E-state index in [2.05, 4.69) is 179 Å². The van der Waals surface area contributed by atoms with Gasteiger partial charge < -0.3 is 14.2 Å². The molecule has 6 nitrogen and oxygen atoms in total. The van der Waals surface area contributed by atoms with Gasteiger partial charge in [-0.2, -0.15) is 0 Å². The Labute approximate surface area is 485 Å². The van der Waals surface area contributed by atoms with Crippen LogP contribution in [0.2, 0.25) is 0 Å². The second-order valence-electron chi connectivity index (χ2n) is 20.2. The number of rotatable bonds is 55. The number of esters is 3. The van der Waals surface area contributed by atoms with Gasteiger partial charge in [0.25, 0.3) is 0 Å². The third kappa shape index (κ3) is 63.5. The Balaban J connectivity index is 4.61. The van der Waals surface area contributed by atoms with Crippen molar-refractivity contribution in [2.75, 3.05) is 13.2 Å². The van der Waals surface area contributed by atoms with Crippen LogP contribution >= 0.6 is 0 Å². The first kappa shape index (κ1) is 73.8. The maximum Gasteiger partial charge on any atom is 0.306 e. The van der Waals surface area contributed by atoms with Gasteiger partial charge in [-0.15, -0.1) is 0 Å². The van der Waals surface area contributed by atoms with Gasteiger partial charge in [-0.05, 0) is 141 Å². The van der Waals surface area contributed by atoms with Crippen molar-refractivity contribution in [3.05, 3.63) is 170 Å². The molecule has 0 aromatic carbocycles. The average molecular weight is 1090 g/mol. The first-order valence-corrected chi connectivity index (χ1v) is 31.6. The predicted molar refractivity (Wildman–Crippen MR) is 343 cm³/mol. The summed E-state index contributed by atoms with van der Waals surface area (Å²) in [6.45, 7) is 6.29. The smallest absolute Gasteiger partial charge is 0.306 e. The van der Waals surface area contributed by atoms with E-state index >= 15 is 0 Å². The highest BCUT2D eigenvalue weighted by molar-refractivity contribution is 5.71. The lowest BCUT2D eigenvalue weighted by molar-refractivity contribution is -0.166. The van der Waals surface area contributed by atoms with Crippen molar-refractivity contribution in [2.24, 2.45) is 0 Å². The average Bonchev–Trinajstić information content (AvgIpc) is 3.45. The van der Waals surface area contributed by atoms with Gasteiger partial charge in [0, 0.05) is 19.3 Å². The quantitative estimate of drug-likeness (QED) is 0.0261. The molecule has 442 valence electrons. The van der Waals surface area contributed by atoms with Gasteiger partial charge in [-0.25, -0.2) is 0 Å². The van der Waals surface area contributed by atoms with Crippen LogP contribution < -0.4 is 0 Å². The van der Waals surface area contributed by atoms with Crippen molar-refractivity contribution in [2.45, 2.75) is 258 Å². The molecule has 0 aliphatic heterocycles. The second kappa shape index (κ2) is 65.3. The molecular formula is C73H114O6. The summed E-state index contributed by atoms with van der Waals surface area (Å²) < 4.78 is 16.8. The lowest BCUT2D eigenvalue weighted by Crippen LogP contribution is -2.30. The summed E-state index contributed by atoms with van der Waals surface area (Å²) >= 11 is 0. The van der Waals surface area contributed by atoms with Crippen molar-refractivity contribution < 1.29 is 28.6 Å². The Morgan fingerprint density at radius 2 is 0.519 bits per heavy atom. The van der Waals surface area contributed by atoms with Gasteiger partial charge in [0.2, 0.25) is 0 Å². The minimum atomic E-state index is -0.840. The summed E-state index contributed by atoms with van der Waals surface area (Å²) in [5.74, 6) is -1.07. The predicted octanol–water partition coefficient (Wildman–Crippen LogP) is 21.9. The molecule has 0 spiro atoms. The standard InChI is InChI=1S/C73H114O6/c1-4-7-10-13-16-19-22-25-28-31-34-36-39-42-45-48-51-54-57-60-63-66-72(75)78-69-70(68-77-71(74)65-62-59-56-53-50-47-44-41-38-33-30-27-24-21-18-15-12-9-6-3)79-73(76)67-64-61-58-55-52-49-46-43-40-37-35-32-29-26-23-20-17-14-11-8-5-2/h7,9-10,12,16,18-19,21,23,25-28,30,32,34-36,38,41-42,45,47,50-51,54,56,59,70H,4-6,8,11,13-15,17,20,22,24,29,31,33,37,39-40,43-44,46,48-49,52-53,55,57-58,60-69H2,1-3H3/b10-7-,12-9-,19-16-,21-18-,26-23-,28-25-,30-27-,35-32-,36-34-,41-38-,45-42-,50-47-,54-51-,59-56-. The zero-order chi connectivity index (χ0) is 57.1. The Bertz CT molecular complexity index is 1820. The van der Waals surface area contributed by atoms with E-state index in [1.165, 1.54) is 83.5 Å². The molecule has 6 heteroatoms. The summed E-state index contributed by atoms with van der Waals surface area (Å²) in [5, 5.41) is 0. The van der Waals surface area contributed by atoms with Crippen molar-refractivity contribution in [1.82, 2.24) is 0 Å². The van der Waals surface area contributed by atoms with Crippen LogP contribution in [0.3, 0.4) is 0 Å². The Hall–Kier alpha value is -5.23. The molecule has 0 bridgehead atoms. The molecule has 0 aromatic heterocycles. The zero-order valence-electron chi connectivity index (χ0n) is 50.6. The molecule has 0 radical (unpaired) electrons. The van der Waals surface area contributed by atoms with Crippen LogP contribution in [0.15, 0.2) is 170 Å². The summed E-state index contributed by atoms with van der Waals surface area (Å²) in [6, 6.07) is 0. The topological polar surface area (TPSA) is 78.9 Å². The van der Waals surface area contributed by atoms with Crippen LogP contribution in [0.4, 0.5) is 0 Å². The molecule has 0 rings (SSSR count). The van der Waals surface area contributed by atoms with E-state index in [9.17, 15) is 14.4 Å². The SMILES string of the molecule is CC/C=C\C/C=C\C/C=C\C/C=C\C/C=C\C/C=C\CCCCC(=O)OCC(COC(=O)CC/C=C\C/C=C\C/C=C\C/C=C\C/C=C\C/C=C\CC)OC(=O)CCCCCCCCCCC/C=C\C/C=C\CCCCCCC. The van der Waals surface area contributed by atoms with Gasteiger partial charge in [-0.1, -0.05) is 262 Å². The molecule has 0 aromatic rings. The molecular weight excluding hydrogens is 973 g/mol.